The molecule has 0 bridgehead atoms. The zero-order chi connectivity index (χ0) is 45.8. The van der Waals surface area contributed by atoms with Gasteiger partial charge < -0.3 is 24.7 Å². The molecule has 0 atom stereocenters. The summed E-state index contributed by atoms with van der Waals surface area (Å²) in [6.45, 7) is 3.00. The standard InChI is InChI=1S/C21H16FNO5.C21H18FNO3.2Na.O4S2/c1-14-17(22)12-18(23(25)26)20(27-13-15-8-4-2-5-9-15)19(14)21(24)28-16-10-6-3-7-11-16;1-14-17(22)12-18(23)20(25-13-15-8-4-2-5-9-15)19(14)21(24)26-16-10-6-3-7-11-16;;;1-5(2)6(3)4/h2-12H,13H2,1H3;2-12H,13,23H2,1H3;;;. The Kier molecular flexibility index (Phi) is 21.5. The molecule has 0 aliphatic heterocycles. The molecular weight excluding hydrogens is 873 g/mol. The summed E-state index contributed by atoms with van der Waals surface area (Å²) in [6, 6.07) is 36.9. The molecule has 0 saturated carbocycles. The van der Waals surface area contributed by atoms with Gasteiger partial charge in [0.05, 0.1) is 16.7 Å². The third kappa shape index (κ3) is 15.5. The van der Waals surface area contributed by atoms with Gasteiger partial charge in [-0.1, -0.05) is 97.1 Å². The van der Waals surface area contributed by atoms with Crippen LogP contribution in [0.5, 0.6) is 23.0 Å². The Balaban J connectivity index is 0.000000283. The van der Waals surface area contributed by atoms with Crippen molar-refractivity contribution >= 4 is 85.5 Å². The second-order valence-electron chi connectivity index (χ2n) is 12.1. The number of nitrogen functional groups attached to an aromatic ring is 1. The summed E-state index contributed by atoms with van der Waals surface area (Å²) in [5.41, 5.74) is 6.67. The molecule has 6 aromatic carbocycles. The number of para-hydroxylation sites is 2. The van der Waals surface area contributed by atoms with Crippen molar-refractivity contribution in [2.45, 2.75) is 27.1 Å². The van der Waals surface area contributed by atoms with E-state index >= 15 is 0 Å². The van der Waals surface area contributed by atoms with Gasteiger partial charge in [-0.15, -0.1) is 0 Å². The van der Waals surface area contributed by atoms with E-state index in [9.17, 15) is 28.5 Å². The maximum atomic E-state index is 14.3. The number of nitro groups is 1. The minimum atomic E-state index is -2.95. The number of nitrogens with zero attached hydrogens (tertiary/aromatic N) is 1. The fourth-order valence-corrected chi connectivity index (χ4v) is 5.14. The summed E-state index contributed by atoms with van der Waals surface area (Å²) in [6.07, 6.45) is 0. The van der Waals surface area contributed by atoms with E-state index in [4.69, 9.17) is 41.5 Å². The molecule has 0 fully saturated rings. The van der Waals surface area contributed by atoms with Crippen molar-refractivity contribution in [2.24, 2.45) is 0 Å². The van der Waals surface area contributed by atoms with Gasteiger partial charge in [0.2, 0.25) is 5.75 Å². The second kappa shape index (κ2) is 26.1. The molecular formula is C42H34F2N2Na2O12S2. The number of anilines is 1. The van der Waals surface area contributed by atoms with E-state index in [2.05, 4.69) is 0 Å². The van der Waals surface area contributed by atoms with Crippen molar-refractivity contribution in [2.75, 3.05) is 5.73 Å². The number of carbonyl (C=O) groups is 2. The molecule has 0 unspecified atom stereocenters. The number of hydrogen-bond donors (Lipinski definition) is 1. The maximum absolute atomic E-state index is 14.3. The molecule has 0 radical (unpaired) electrons. The minimum absolute atomic E-state index is 0.0118. The Morgan fingerprint density at radius 2 is 0.952 bits per heavy atom. The van der Waals surface area contributed by atoms with E-state index in [-0.39, 0.29) is 58.4 Å². The van der Waals surface area contributed by atoms with Crippen LogP contribution < -0.4 is 24.7 Å². The zero-order valence-electron chi connectivity index (χ0n) is 33.6. The first-order chi connectivity index (χ1) is 29.7. The van der Waals surface area contributed by atoms with Crippen LogP contribution in [0, 0.1) is 35.6 Å². The average Bonchev–Trinajstić information content (AvgIpc) is 3.27. The fourth-order valence-electron chi connectivity index (χ4n) is 5.14. The summed E-state index contributed by atoms with van der Waals surface area (Å²) in [5.74, 6) is -2.75. The summed E-state index contributed by atoms with van der Waals surface area (Å²) in [4.78, 5) is 36.0. The van der Waals surface area contributed by atoms with Crippen LogP contribution >= 0.6 is 0 Å². The summed E-state index contributed by atoms with van der Waals surface area (Å²) in [5, 5.41) is 11.4. The van der Waals surface area contributed by atoms with E-state index in [1.54, 1.807) is 84.9 Å². The number of nitro benzene ring substituents is 1. The first-order valence-corrected chi connectivity index (χ1v) is 29.0. The van der Waals surface area contributed by atoms with Crippen LogP contribution in [0.25, 0.3) is 0 Å². The molecule has 6 rings (SSSR count). The van der Waals surface area contributed by atoms with E-state index in [0.717, 1.165) is 23.3 Å². The van der Waals surface area contributed by atoms with Crippen LogP contribution in [0.15, 0.2) is 133 Å². The third-order valence-electron chi connectivity index (χ3n) is 8.04. The Labute approximate surface area is 385 Å². The topological polar surface area (TPSA) is 208 Å². The molecule has 0 amide bonds. The fraction of sp³-hybridized carbons (Fsp3) is 0.0952. The van der Waals surface area contributed by atoms with Gasteiger partial charge in [-0.3, -0.25) is 10.1 Å². The van der Waals surface area contributed by atoms with Crippen LogP contribution in [0.2, 0.25) is 0 Å². The zero-order valence-corrected chi connectivity index (χ0v) is 39.2. The van der Waals surface area contributed by atoms with Crippen LogP contribution in [0.4, 0.5) is 20.2 Å². The third-order valence-corrected chi connectivity index (χ3v) is 8.93. The number of ether oxygens (including phenoxy) is 4. The molecule has 0 aliphatic rings. The molecule has 20 heteroatoms. The van der Waals surface area contributed by atoms with Crippen molar-refractivity contribution in [3.63, 3.8) is 0 Å². The molecule has 14 nitrogen and oxygen atoms in total. The number of esters is 2. The molecule has 62 heavy (non-hydrogen) atoms. The van der Waals surface area contributed by atoms with Crippen molar-refractivity contribution < 1.29 is 59.1 Å². The Morgan fingerprint density at radius 3 is 1.32 bits per heavy atom. The molecule has 0 aliphatic carbocycles. The molecule has 0 spiro atoms. The van der Waals surface area contributed by atoms with Crippen molar-refractivity contribution in [3.05, 3.63) is 189 Å². The number of halogens is 2. The van der Waals surface area contributed by atoms with Crippen LogP contribution in [0.3, 0.4) is 0 Å². The van der Waals surface area contributed by atoms with Gasteiger partial charge in [0, 0.05) is 17.2 Å². The summed E-state index contributed by atoms with van der Waals surface area (Å²) >= 11 is 2.89. The Bertz CT molecular complexity index is 2690. The van der Waals surface area contributed by atoms with E-state index in [1.807, 2.05) is 36.4 Å². The van der Waals surface area contributed by atoms with Crippen LogP contribution in [-0.4, -0.2) is 77.3 Å². The Morgan fingerprint density at radius 1 is 0.613 bits per heavy atom. The quantitative estimate of drug-likeness (QED) is 0.0340. The van der Waals surface area contributed by atoms with Crippen molar-refractivity contribution in [1.29, 1.82) is 0 Å². The van der Waals surface area contributed by atoms with E-state index < -0.39 is 52.7 Å². The predicted molar refractivity (Wildman–Crippen MR) is 227 cm³/mol. The van der Waals surface area contributed by atoms with E-state index in [0.29, 0.717) is 5.75 Å². The van der Waals surface area contributed by atoms with Crippen LogP contribution in [0.1, 0.15) is 43.0 Å². The van der Waals surface area contributed by atoms with Crippen molar-refractivity contribution in [3.8, 4) is 23.0 Å². The predicted octanol–water partition coefficient (Wildman–Crippen LogP) is 7.25. The first-order valence-electron chi connectivity index (χ1n) is 18.3. The van der Waals surface area contributed by atoms with Gasteiger partial charge in [0.25, 0.3) is 0 Å². The molecule has 6 aromatic rings. The molecule has 0 saturated heterocycles. The van der Waals surface area contributed by atoms with Gasteiger partial charge in [0.15, 0.2) is 5.75 Å². The molecule has 2 N–H and O–H groups in total. The van der Waals surface area contributed by atoms with Gasteiger partial charge in [0.1, 0.15) is 47.5 Å². The number of nitrogens with two attached hydrogens (primary N) is 1. The first kappa shape index (κ1) is 50.9. The summed E-state index contributed by atoms with van der Waals surface area (Å²) < 4.78 is 86.7. The Hall–Kier alpha value is -5.44. The molecule has 0 heterocycles. The number of carbonyl (C=O) groups excluding carboxylic acids is 2. The number of benzene rings is 6. The van der Waals surface area contributed by atoms with E-state index in [1.165, 1.54) is 57.5 Å². The van der Waals surface area contributed by atoms with Gasteiger partial charge in [-0.2, -0.15) is 16.8 Å². The SMILES string of the molecule is Cc1c(F)cc(N)c(OCc2ccccc2)c1C(=O)Oc1ccccc1.Cc1c(F)cc([N+](=O)[O-])c(OCc2ccccc2)c1C(=O)Oc1ccccc1.O=S(=O)=S(=O)=O.[Na][Na]. The van der Waals surface area contributed by atoms with Gasteiger partial charge in [-0.25, -0.2) is 18.4 Å². The van der Waals surface area contributed by atoms with Crippen LogP contribution in [-0.2, 0) is 31.7 Å². The number of rotatable bonds is 11. The number of hydrogen-bond acceptors (Lipinski definition) is 13. The van der Waals surface area contributed by atoms with Gasteiger partial charge in [-0.05, 0) is 49.2 Å². The summed E-state index contributed by atoms with van der Waals surface area (Å²) in [7, 11) is -5.90. The molecule has 0 aromatic heterocycles. The monoisotopic (exact) mass is 906 g/mol. The van der Waals surface area contributed by atoms with Crippen molar-refractivity contribution in [1.82, 2.24) is 0 Å². The second-order valence-corrected chi connectivity index (χ2v) is 14.6. The van der Waals surface area contributed by atoms with Gasteiger partial charge >= 0.3 is 79.8 Å². The molecule has 312 valence electrons. The average molecular weight is 907 g/mol. The normalized spacial score (nSPS) is 9.87.